The second-order valence-electron chi connectivity index (χ2n) is 4.25. The van der Waals surface area contributed by atoms with Crippen LogP contribution >= 0.6 is 0 Å². The zero-order valence-corrected chi connectivity index (χ0v) is 10.7. The topological polar surface area (TPSA) is 88.6 Å². The average Bonchev–Trinajstić information content (AvgIpc) is 3.06. The Kier molecular flexibility index (Phi) is 3.08. The van der Waals surface area contributed by atoms with Crippen LogP contribution < -0.4 is 14.9 Å². The van der Waals surface area contributed by atoms with E-state index in [4.69, 9.17) is 9.47 Å². The molecule has 2 heterocycles. The zero-order valence-electron chi connectivity index (χ0n) is 10.7. The number of hydrogen-bond acceptors (Lipinski definition) is 5. The number of nitrogens with one attached hydrogen (secondary N) is 2. The van der Waals surface area contributed by atoms with Crippen molar-refractivity contribution in [3.63, 3.8) is 0 Å². The first-order valence-corrected chi connectivity index (χ1v) is 5.97. The van der Waals surface area contributed by atoms with Crippen molar-refractivity contribution in [3.05, 3.63) is 41.2 Å². The molecule has 2 N–H and O–H groups in total. The van der Waals surface area contributed by atoms with Gasteiger partial charge in [0.2, 0.25) is 6.79 Å². The van der Waals surface area contributed by atoms with Crippen molar-refractivity contribution in [3.8, 4) is 11.5 Å². The van der Waals surface area contributed by atoms with Crippen LogP contribution in [-0.4, -0.2) is 29.1 Å². The van der Waals surface area contributed by atoms with E-state index in [9.17, 15) is 4.79 Å². The van der Waals surface area contributed by atoms with Gasteiger partial charge in [-0.25, -0.2) is 5.43 Å². The van der Waals surface area contributed by atoms with Gasteiger partial charge in [-0.15, -0.1) is 0 Å². The Bertz CT molecular complexity index is 678. The summed E-state index contributed by atoms with van der Waals surface area (Å²) >= 11 is 0. The minimum Gasteiger partial charge on any atom is -0.454 e. The molecular formula is C13H12N4O3. The summed E-state index contributed by atoms with van der Waals surface area (Å²) in [6.07, 6.45) is 1.53. The van der Waals surface area contributed by atoms with Gasteiger partial charge in [0.1, 0.15) is 0 Å². The third-order valence-corrected chi connectivity index (χ3v) is 2.71. The van der Waals surface area contributed by atoms with E-state index in [0.29, 0.717) is 17.2 Å². The van der Waals surface area contributed by atoms with E-state index in [0.717, 1.165) is 11.3 Å². The molecule has 0 unspecified atom stereocenters. The lowest BCUT2D eigenvalue weighted by molar-refractivity contribution is 0.0950. The minimum absolute atomic E-state index is 0.227. The number of amides is 1. The SMILES string of the molecule is Cc1cc(C(=O)NN=Cc2ccc3c(c2)OCO3)n[nH]1. The molecule has 3 rings (SSSR count). The molecule has 20 heavy (non-hydrogen) atoms. The molecule has 2 aromatic rings. The number of ether oxygens (including phenoxy) is 2. The maximum Gasteiger partial charge on any atom is 0.291 e. The van der Waals surface area contributed by atoms with Gasteiger partial charge in [0.05, 0.1) is 6.21 Å². The number of hydrazone groups is 1. The summed E-state index contributed by atoms with van der Waals surface area (Å²) in [5, 5.41) is 10.4. The third kappa shape index (κ3) is 2.46. The number of H-pyrrole nitrogens is 1. The maximum absolute atomic E-state index is 11.7. The lowest BCUT2D eigenvalue weighted by Gasteiger charge is -1.98. The van der Waals surface area contributed by atoms with Crippen LogP contribution in [0.3, 0.4) is 0 Å². The molecule has 0 radical (unpaired) electrons. The minimum atomic E-state index is -0.369. The highest BCUT2D eigenvalue weighted by Crippen LogP contribution is 2.31. The van der Waals surface area contributed by atoms with E-state index in [2.05, 4.69) is 20.7 Å². The van der Waals surface area contributed by atoms with Gasteiger partial charge in [0, 0.05) is 5.69 Å². The van der Waals surface area contributed by atoms with Crippen molar-refractivity contribution in [2.75, 3.05) is 6.79 Å². The largest absolute Gasteiger partial charge is 0.454 e. The van der Waals surface area contributed by atoms with Crippen molar-refractivity contribution in [2.24, 2.45) is 5.10 Å². The highest BCUT2D eigenvalue weighted by Gasteiger charge is 2.12. The Morgan fingerprint density at radius 1 is 1.40 bits per heavy atom. The van der Waals surface area contributed by atoms with Gasteiger partial charge >= 0.3 is 0 Å². The second-order valence-corrected chi connectivity index (χ2v) is 4.25. The standard InChI is InChI=1S/C13H12N4O3/c1-8-4-10(16-15-8)13(18)17-14-6-9-2-3-11-12(5-9)20-7-19-11/h2-6H,7H2,1H3,(H,15,16)(H,17,18). The summed E-state index contributed by atoms with van der Waals surface area (Å²) in [6.45, 7) is 2.05. The molecule has 1 aliphatic rings. The number of nitrogens with zero attached hydrogens (tertiary/aromatic N) is 2. The molecule has 0 bridgehead atoms. The molecule has 7 heteroatoms. The van der Waals surface area contributed by atoms with Crippen LogP contribution in [0.5, 0.6) is 11.5 Å². The predicted molar refractivity (Wildman–Crippen MR) is 70.9 cm³/mol. The monoisotopic (exact) mass is 272 g/mol. The van der Waals surface area contributed by atoms with Gasteiger partial charge in [-0.1, -0.05) is 0 Å². The van der Waals surface area contributed by atoms with Crippen molar-refractivity contribution in [1.29, 1.82) is 0 Å². The number of benzene rings is 1. The van der Waals surface area contributed by atoms with Crippen molar-refractivity contribution >= 4 is 12.1 Å². The summed E-state index contributed by atoms with van der Waals surface area (Å²) in [5.41, 5.74) is 4.31. The van der Waals surface area contributed by atoms with E-state index in [1.54, 1.807) is 18.2 Å². The summed E-state index contributed by atoms with van der Waals surface area (Å²) in [4.78, 5) is 11.7. The molecule has 0 saturated heterocycles. The van der Waals surface area contributed by atoms with Crippen molar-refractivity contribution in [1.82, 2.24) is 15.6 Å². The number of carbonyl (C=O) groups is 1. The van der Waals surface area contributed by atoms with Gasteiger partial charge in [-0.3, -0.25) is 9.89 Å². The summed E-state index contributed by atoms with van der Waals surface area (Å²) < 4.78 is 10.5. The van der Waals surface area contributed by atoms with Crippen LogP contribution in [0, 0.1) is 6.92 Å². The number of aromatic nitrogens is 2. The van der Waals surface area contributed by atoms with E-state index >= 15 is 0 Å². The molecule has 0 spiro atoms. The van der Waals surface area contributed by atoms with Gasteiger partial charge in [0.25, 0.3) is 5.91 Å². The summed E-state index contributed by atoms with van der Waals surface area (Å²) in [7, 11) is 0. The molecule has 1 amide bonds. The van der Waals surface area contributed by atoms with Gasteiger partial charge < -0.3 is 9.47 Å². The first kappa shape index (κ1) is 12.2. The van der Waals surface area contributed by atoms with Crippen LogP contribution in [0.25, 0.3) is 0 Å². The van der Waals surface area contributed by atoms with Crippen molar-refractivity contribution < 1.29 is 14.3 Å². The predicted octanol–water partition coefficient (Wildman–Crippen LogP) is 1.21. The fourth-order valence-electron chi connectivity index (χ4n) is 1.75. The lowest BCUT2D eigenvalue weighted by Crippen LogP contribution is -2.17. The van der Waals surface area contributed by atoms with Gasteiger partial charge in [0.15, 0.2) is 17.2 Å². The molecule has 0 aliphatic carbocycles. The second kappa shape index (κ2) is 5.04. The van der Waals surface area contributed by atoms with E-state index in [1.165, 1.54) is 6.21 Å². The molecule has 1 aliphatic heterocycles. The number of hydrogen-bond donors (Lipinski definition) is 2. The van der Waals surface area contributed by atoms with Crippen molar-refractivity contribution in [2.45, 2.75) is 6.92 Å². The quantitative estimate of drug-likeness (QED) is 0.649. The number of aromatic amines is 1. The number of fused-ring (bicyclic) bond motifs is 1. The molecule has 1 aromatic carbocycles. The van der Waals surface area contributed by atoms with Crippen LogP contribution in [0.4, 0.5) is 0 Å². The van der Waals surface area contributed by atoms with E-state index < -0.39 is 0 Å². The van der Waals surface area contributed by atoms with E-state index in [-0.39, 0.29) is 12.7 Å². The molecule has 1 aromatic heterocycles. The van der Waals surface area contributed by atoms with Gasteiger partial charge in [-0.05, 0) is 36.8 Å². The molecule has 0 saturated carbocycles. The molecule has 0 fully saturated rings. The van der Waals surface area contributed by atoms with Crippen LogP contribution in [-0.2, 0) is 0 Å². The maximum atomic E-state index is 11.7. The van der Waals surface area contributed by atoms with Gasteiger partial charge in [-0.2, -0.15) is 10.2 Å². The van der Waals surface area contributed by atoms with Crippen LogP contribution in [0.2, 0.25) is 0 Å². The zero-order chi connectivity index (χ0) is 13.9. The first-order chi connectivity index (χ1) is 9.72. The first-order valence-electron chi connectivity index (χ1n) is 5.97. The summed E-state index contributed by atoms with van der Waals surface area (Å²) in [5.74, 6) is 1.01. The fourth-order valence-corrected chi connectivity index (χ4v) is 1.75. The molecule has 102 valence electrons. The highest BCUT2D eigenvalue weighted by molar-refractivity contribution is 5.93. The smallest absolute Gasteiger partial charge is 0.291 e. The Balaban J connectivity index is 1.64. The fraction of sp³-hybridized carbons (Fsp3) is 0.154. The Hall–Kier alpha value is -2.83. The number of carbonyl (C=O) groups excluding carboxylic acids is 1. The Labute approximate surface area is 114 Å². The average molecular weight is 272 g/mol. The third-order valence-electron chi connectivity index (χ3n) is 2.71. The van der Waals surface area contributed by atoms with E-state index in [1.807, 2.05) is 13.0 Å². The summed E-state index contributed by atoms with van der Waals surface area (Å²) in [6, 6.07) is 7.05. The molecule has 0 atom stereocenters. The normalized spacial score (nSPS) is 12.8. The molecular weight excluding hydrogens is 260 g/mol. The Morgan fingerprint density at radius 2 is 2.25 bits per heavy atom. The highest BCUT2D eigenvalue weighted by atomic mass is 16.7. The van der Waals surface area contributed by atoms with Crippen LogP contribution in [0.15, 0.2) is 29.4 Å². The number of aryl methyl sites for hydroxylation is 1. The Morgan fingerprint density at radius 3 is 3.05 bits per heavy atom. The van der Waals surface area contributed by atoms with Crippen LogP contribution in [0.1, 0.15) is 21.7 Å². The molecule has 7 nitrogen and oxygen atoms in total. The lowest BCUT2D eigenvalue weighted by atomic mass is 10.2. The number of rotatable bonds is 3.